The van der Waals surface area contributed by atoms with Crippen LogP contribution in [0.5, 0.6) is 5.75 Å². The lowest BCUT2D eigenvalue weighted by Gasteiger charge is -2.38. The zero-order chi connectivity index (χ0) is 25.7. The summed E-state index contributed by atoms with van der Waals surface area (Å²) in [5.74, 6) is 0.625. The number of ether oxygens (including phenoxy) is 3. The van der Waals surface area contributed by atoms with Gasteiger partial charge in [-0.15, -0.1) is 0 Å². The van der Waals surface area contributed by atoms with Crippen molar-refractivity contribution >= 4 is 24.9 Å². The molecule has 1 fully saturated rings. The monoisotopic (exact) mass is 509 g/mol. The minimum absolute atomic E-state index is 0.0617. The second-order valence-corrected chi connectivity index (χ2v) is 16.3. The van der Waals surface area contributed by atoms with Gasteiger partial charge in [0.15, 0.2) is 0 Å². The SMILES string of the molecule is COc1cccc2ccc(COC3CN(C(=O)OCC[Si](C)(C)C)CCC3c3ccc(F)cc3)cc12. The predicted molar refractivity (Wildman–Crippen MR) is 144 cm³/mol. The van der Waals surface area contributed by atoms with E-state index in [1.54, 1.807) is 12.0 Å². The van der Waals surface area contributed by atoms with Gasteiger partial charge < -0.3 is 19.1 Å². The number of amides is 1. The number of carbonyl (C=O) groups excluding carboxylic acids is 1. The molecule has 4 rings (SSSR count). The molecule has 192 valence electrons. The van der Waals surface area contributed by atoms with Crippen LogP contribution in [0.25, 0.3) is 10.8 Å². The molecule has 2 atom stereocenters. The van der Waals surface area contributed by atoms with Crippen molar-refractivity contribution in [1.82, 2.24) is 4.90 Å². The molecular weight excluding hydrogens is 473 g/mol. The zero-order valence-corrected chi connectivity index (χ0v) is 22.6. The van der Waals surface area contributed by atoms with Gasteiger partial charge in [0.25, 0.3) is 0 Å². The van der Waals surface area contributed by atoms with Crippen molar-refractivity contribution in [2.45, 2.75) is 50.7 Å². The molecule has 1 saturated heterocycles. The lowest BCUT2D eigenvalue weighted by molar-refractivity contribution is -0.0233. The van der Waals surface area contributed by atoms with Crippen LogP contribution in [0.4, 0.5) is 9.18 Å². The lowest BCUT2D eigenvalue weighted by Crippen LogP contribution is -2.47. The van der Waals surface area contributed by atoms with E-state index in [2.05, 4.69) is 43.9 Å². The van der Waals surface area contributed by atoms with Crippen LogP contribution < -0.4 is 4.74 Å². The van der Waals surface area contributed by atoms with Gasteiger partial charge in [0.05, 0.1) is 33.0 Å². The maximum atomic E-state index is 13.6. The lowest BCUT2D eigenvalue weighted by atomic mass is 9.87. The first-order valence-corrected chi connectivity index (χ1v) is 16.3. The van der Waals surface area contributed by atoms with E-state index in [4.69, 9.17) is 14.2 Å². The molecule has 0 radical (unpaired) electrons. The van der Waals surface area contributed by atoms with Gasteiger partial charge in [-0.1, -0.05) is 56.0 Å². The Labute approximate surface area is 214 Å². The number of halogens is 1. The Morgan fingerprint density at radius 2 is 1.86 bits per heavy atom. The van der Waals surface area contributed by atoms with Crippen LogP contribution in [-0.4, -0.2) is 52.0 Å². The predicted octanol–water partition coefficient (Wildman–Crippen LogP) is 6.84. The normalized spacial score (nSPS) is 18.3. The highest BCUT2D eigenvalue weighted by Gasteiger charge is 2.34. The first kappa shape index (κ1) is 26.2. The maximum Gasteiger partial charge on any atom is 0.409 e. The minimum Gasteiger partial charge on any atom is -0.496 e. The highest BCUT2D eigenvalue weighted by Crippen LogP contribution is 2.32. The summed E-state index contributed by atoms with van der Waals surface area (Å²) in [6.45, 7) is 8.67. The van der Waals surface area contributed by atoms with Gasteiger partial charge in [-0.3, -0.25) is 0 Å². The first-order valence-electron chi connectivity index (χ1n) is 12.6. The van der Waals surface area contributed by atoms with Crippen molar-refractivity contribution in [2.24, 2.45) is 0 Å². The van der Waals surface area contributed by atoms with Crippen molar-refractivity contribution in [2.75, 3.05) is 26.8 Å². The number of hydrogen-bond acceptors (Lipinski definition) is 4. The van der Waals surface area contributed by atoms with E-state index in [9.17, 15) is 9.18 Å². The summed E-state index contributed by atoms with van der Waals surface area (Å²) in [5, 5.41) is 2.14. The van der Waals surface area contributed by atoms with E-state index in [0.717, 1.165) is 40.1 Å². The molecule has 1 amide bonds. The quantitative estimate of drug-likeness (QED) is 0.312. The average molecular weight is 510 g/mol. The summed E-state index contributed by atoms with van der Waals surface area (Å²) in [5.41, 5.74) is 2.05. The Kier molecular flexibility index (Phi) is 8.31. The summed E-state index contributed by atoms with van der Waals surface area (Å²) >= 11 is 0. The molecule has 36 heavy (non-hydrogen) atoms. The Bertz CT molecular complexity index is 1180. The highest BCUT2D eigenvalue weighted by molar-refractivity contribution is 6.76. The molecule has 1 heterocycles. The number of hydrogen-bond donors (Lipinski definition) is 0. The van der Waals surface area contributed by atoms with Gasteiger partial charge in [-0.25, -0.2) is 9.18 Å². The van der Waals surface area contributed by atoms with Gasteiger partial charge in [0.1, 0.15) is 11.6 Å². The van der Waals surface area contributed by atoms with Gasteiger partial charge in [-0.2, -0.15) is 0 Å². The van der Waals surface area contributed by atoms with E-state index in [0.29, 0.717) is 26.3 Å². The Morgan fingerprint density at radius 1 is 1.08 bits per heavy atom. The standard InChI is InChI=1S/C29H36FNO4Si/c1-33-27-7-5-6-22-9-8-21(18-26(22)27)20-35-28-19-31(29(32)34-16-17-36(2,3)4)15-14-25(28)23-10-12-24(30)13-11-23/h5-13,18,25,28H,14-17,19-20H2,1-4H3. The summed E-state index contributed by atoms with van der Waals surface area (Å²) < 4.78 is 31.2. The fraction of sp³-hybridized carbons (Fsp3) is 0.414. The second-order valence-electron chi connectivity index (χ2n) is 10.7. The van der Waals surface area contributed by atoms with Crippen molar-refractivity contribution in [3.8, 4) is 5.75 Å². The third-order valence-electron chi connectivity index (χ3n) is 6.78. The molecule has 0 aromatic heterocycles. The van der Waals surface area contributed by atoms with Crippen molar-refractivity contribution in [3.05, 3.63) is 77.6 Å². The third-order valence-corrected chi connectivity index (χ3v) is 8.49. The molecule has 3 aromatic carbocycles. The number of piperidine rings is 1. The van der Waals surface area contributed by atoms with E-state index < -0.39 is 8.07 Å². The zero-order valence-electron chi connectivity index (χ0n) is 21.6. The minimum atomic E-state index is -1.28. The van der Waals surface area contributed by atoms with Crippen molar-refractivity contribution in [3.63, 3.8) is 0 Å². The molecule has 7 heteroatoms. The fourth-order valence-electron chi connectivity index (χ4n) is 4.64. The molecule has 5 nitrogen and oxygen atoms in total. The Morgan fingerprint density at radius 3 is 2.58 bits per heavy atom. The largest absolute Gasteiger partial charge is 0.496 e. The van der Waals surface area contributed by atoms with Crippen LogP contribution in [0.2, 0.25) is 25.7 Å². The molecule has 2 unspecified atom stereocenters. The van der Waals surface area contributed by atoms with E-state index in [1.807, 2.05) is 24.3 Å². The number of methoxy groups -OCH3 is 1. The second kappa shape index (κ2) is 11.4. The average Bonchev–Trinajstić information content (AvgIpc) is 2.86. The van der Waals surface area contributed by atoms with Gasteiger partial charge in [0.2, 0.25) is 0 Å². The number of rotatable bonds is 8. The number of likely N-dealkylation sites (tertiary alicyclic amines) is 1. The third kappa shape index (κ3) is 6.65. The topological polar surface area (TPSA) is 48.0 Å². The summed E-state index contributed by atoms with van der Waals surface area (Å²) in [7, 11) is 0.388. The van der Waals surface area contributed by atoms with Crippen LogP contribution in [-0.2, 0) is 16.1 Å². The number of benzene rings is 3. The van der Waals surface area contributed by atoms with E-state index >= 15 is 0 Å². The Balaban J connectivity index is 1.49. The summed E-state index contributed by atoms with van der Waals surface area (Å²) in [6.07, 6.45) is 0.210. The Hall–Kier alpha value is -2.90. The molecule has 0 spiro atoms. The molecule has 0 saturated carbocycles. The van der Waals surface area contributed by atoms with Crippen molar-refractivity contribution < 1.29 is 23.4 Å². The summed E-state index contributed by atoms with van der Waals surface area (Å²) in [6, 6.07) is 19.7. The molecule has 0 aliphatic carbocycles. The molecule has 1 aliphatic rings. The number of fused-ring (bicyclic) bond motifs is 1. The van der Waals surface area contributed by atoms with Gasteiger partial charge >= 0.3 is 6.09 Å². The van der Waals surface area contributed by atoms with E-state index in [1.165, 1.54) is 12.1 Å². The van der Waals surface area contributed by atoms with Crippen LogP contribution in [0.3, 0.4) is 0 Å². The summed E-state index contributed by atoms with van der Waals surface area (Å²) in [4.78, 5) is 14.6. The van der Waals surface area contributed by atoms with Gasteiger partial charge in [0, 0.05) is 25.9 Å². The molecular formula is C29H36FNO4Si. The number of nitrogens with zero attached hydrogens (tertiary/aromatic N) is 1. The van der Waals surface area contributed by atoms with E-state index in [-0.39, 0.29) is 23.9 Å². The fourth-order valence-corrected chi connectivity index (χ4v) is 5.35. The maximum absolute atomic E-state index is 13.6. The van der Waals surface area contributed by atoms with Crippen LogP contribution in [0.15, 0.2) is 60.7 Å². The van der Waals surface area contributed by atoms with Crippen molar-refractivity contribution in [1.29, 1.82) is 0 Å². The smallest absolute Gasteiger partial charge is 0.409 e. The first-order chi connectivity index (χ1) is 17.2. The van der Waals surface area contributed by atoms with Crippen LogP contribution in [0, 0.1) is 5.82 Å². The number of carbonyl (C=O) groups is 1. The van der Waals surface area contributed by atoms with Crippen LogP contribution >= 0.6 is 0 Å². The molecule has 3 aromatic rings. The molecule has 0 N–H and O–H groups in total. The van der Waals surface area contributed by atoms with Gasteiger partial charge in [-0.05, 0) is 53.2 Å². The molecule has 0 bridgehead atoms. The van der Waals surface area contributed by atoms with Crippen LogP contribution in [0.1, 0.15) is 23.5 Å². The highest BCUT2D eigenvalue weighted by atomic mass is 28.3. The molecule has 1 aliphatic heterocycles.